The Morgan fingerprint density at radius 2 is 1.74 bits per heavy atom. The molecule has 94 valence electrons. The third-order valence-corrected chi connectivity index (χ3v) is 2.75. The molecule has 2 rings (SSSR count). The molecule has 3 N–H and O–H groups in total. The lowest BCUT2D eigenvalue weighted by molar-refractivity contribution is -0.117. The van der Waals surface area contributed by atoms with E-state index in [9.17, 15) is 4.79 Å². The quantitative estimate of drug-likeness (QED) is 0.877. The third kappa shape index (κ3) is 2.97. The first-order chi connectivity index (χ1) is 9.22. The maximum atomic E-state index is 12.0. The van der Waals surface area contributed by atoms with Gasteiger partial charge in [0.2, 0.25) is 5.91 Å². The van der Waals surface area contributed by atoms with Gasteiger partial charge in [-0.25, -0.2) is 0 Å². The summed E-state index contributed by atoms with van der Waals surface area (Å²) in [6.07, 6.45) is 0. The summed E-state index contributed by atoms with van der Waals surface area (Å²) in [5.41, 5.74) is 7.50. The molecule has 0 bridgehead atoms. The second-order valence-corrected chi connectivity index (χ2v) is 4.03. The van der Waals surface area contributed by atoms with Crippen LogP contribution in [0.4, 0.5) is 5.69 Å². The number of nitrogens with two attached hydrogens (primary N) is 1. The molecule has 4 heteroatoms. The van der Waals surface area contributed by atoms with Crippen LogP contribution in [0.1, 0.15) is 17.2 Å². The Kier molecular flexibility index (Phi) is 3.91. The van der Waals surface area contributed by atoms with Crippen molar-refractivity contribution >= 4 is 11.6 Å². The number of hydrogen-bond acceptors (Lipinski definition) is 3. The van der Waals surface area contributed by atoms with Gasteiger partial charge in [-0.05, 0) is 17.7 Å². The zero-order valence-corrected chi connectivity index (χ0v) is 10.2. The molecule has 0 aliphatic rings. The Morgan fingerprint density at radius 3 is 2.42 bits per heavy atom. The fourth-order valence-electron chi connectivity index (χ4n) is 1.71. The van der Waals surface area contributed by atoms with Crippen LogP contribution in [0.2, 0.25) is 0 Å². The Bertz CT molecular complexity index is 617. The van der Waals surface area contributed by atoms with Crippen LogP contribution in [-0.4, -0.2) is 5.91 Å². The van der Waals surface area contributed by atoms with E-state index in [2.05, 4.69) is 5.32 Å². The summed E-state index contributed by atoms with van der Waals surface area (Å²) in [5, 5.41) is 11.6. The van der Waals surface area contributed by atoms with E-state index in [1.165, 1.54) is 0 Å². The van der Waals surface area contributed by atoms with Gasteiger partial charge in [-0.3, -0.25) is 4.79 Å². The molecule has 0 heterocycles. The summed E-state index contributed by atoms with van der Waals surface area (Å²) in [7, 11) is 0. The summed E-state index contributed by atoms with van der Waals surface area (Å²) < 4.78 is 0. The van der Waals surface area contributed by atoms with Gasteiger partial charge >= 0.3 is 0 Å². The topological polar surface area (TPSA) is 78.9 Å². The van der Waals surface area contributed by atoms with Crippen LogP contribution >= 0.6 is 0 Å². The van der Waals surface area contributed by atoms with E-state index in [0.29, 0.717) is 11.3 Å². The van der Waals surface area contributed by atoms with Gasteiger partial charge in [0.05, 0.1) is 11.3 Å². The number of para-hydroxylation sites is 1. The fraction of sp³-hybridized carbons (Fsp3) is 0.0667. The molecule has 0 spiro atoms. The average molecular weight is 251 g/mol. The van der Waals surface area contributed by atoms with E-state index >= 15 is 0 Å². The van der Waals surface area contributed by atoms with Gasteiger partial charge in [0.15, 0.2) is 0 Å². The molecule has 1 unspecified atom stereocenters. The zero-order valence-electron chi connectivity index (χ0n) is 10.2. The molecule has 0 aromatic heterocycles. The van der Waals surface area contributed by atoms with Crippen LogP contribution in [0.5, 0.6) is 0 Å². The maximum absolute atomic E-state index is 12.0. The van der Waals surface area contributed by atoms with Gasteiger partial charge < -0.3 is 11.1 Å². The molecule has 0 fully saturated rings. The molecule has 2 aromatic carbocycles. The molecule has 0 aliphatic heterocycles. The van der Waals surface area contributed by atoms with E-state index in [-0.39, 0.29) is 5.91 Å². The number of nitrogens with zero attached hydrogens (tertiary/aromatic N) is 1. The van der Waals surface area contributed by atoms with Crippen molar-refractivity contribution in [3.05, 3.63) is 65.7 Å². The number of carbonyl (C=O) groups excluding carboxylic acids is 1. The van der Waals surface area contributed by atoms with E-state index in [1.807, 2.05) is 24.3 Å². The molecule has 19 heavy (non-hydrogen) atoms. The van der Waals surface area contributed by atoms with Gasteiger partial charge in [0.25, 0.3) is 0 Å². The first-order valence-corrected chi connectivity index (χ1v) is 5.83. The van der Waals surface area contributed by atoms with Crippen LogP contribution in [0.3, 0.4) is 0 Å². The van der Waals surface area contributed by atoms with Gasteiger partial charge in [-0.15, -0.1) is 0 Å². The lowest BCUT2D eigenvalue weighted by Gasteiger charge is -2.13. The third-order valence-electron chi connectivity index (χ3n) is 2.75. The van der Waals surface area contributed by atoms with Crippen LogP contribution in [0.25, 0.3) is 0 Å². The van der Waals surface area contributed by atoms with Crippen molar-refractivity contribution in [2.24, 2.45) is 5.73 Å². The van der Waals surface area contributed by atoms with Gasteiger partial charge in [0, 0.05) is 0 Å². The number of amides is 1. The van der Waals surface area contributed by atoms with Crippen molar-refractivity contribution in [1.29, 1.82) is 5.26 Å². The second kappa shape index (κ2) is 5.80. The molecule has 4 nitrogen and oxygen atoms in total. The van der Waals surface area contributed by atoms with Crippen molar-refractivity contribution in [2.75, 3.05) is 5.32 Å². The number of hydrogen-bond donors (Lipinski definition) is 2. The summed E-state index contributed by atoms with van der Waals surface area (Å²) in [5.74, 6) is -0.339. The number of benzene rings is 2. The Labute approximate surface area is 111 Å². The molecule has 0 aliphatic carbocycles. The minimum absolute atomic E-state index is 0.339. The zero-order chi connectivity index (χ0) is 13.7. The van der Waals surface area contributed by atoms with E-state index in [0.717, 1.165) is 5.56 Å². The van der Waals surface area contributed by atoms with E-state index in [4.69, 9.17) is 11.0 Å². The predicted molar refractivity (Wildman–Crippen MR) is 73.2 cm³/mol. The molecule has 0 radical (unpaired) electrons. The summed E-state index contributed by atoms with van der Waals surface area (Å²) in [6, 6.07) is 17.2. The highest BCUT2D eigenvalue weighted by molar-refractivity contribution is 5.96. The number of carbonyl (C=O) groups is 1. The number of rotatable bonds is 3. The van der Waals surface area contributed by atoms with Crippen LogP contribution in [0, 0.1) is 11.3 Å². The molecular weight excluding hydrogens is 238 g/mol. The number of nitrogens with one attached hydrogen (secondary N) is 1. The highest BCUT2D eigenvalue weighted by Crippen LogP contribution is 2.17. The van der Waals surface area contributed by atoms with Crippen molar-refractivity contribution < 1.29 is 4.79 Å². The summed E-state index contributed by atoms with van der Waals surface area (Å²) in [6.45, 7) is 0. The molecule has 0 saturated heterocycles. The van der Waals surface area contributed by atoms with Crippen LogP contribution in [-0.2, 0) is 4.79 Å². The van der Waals surface area contributed by atoms with Crippen molar-refractivity contribution in [3.63, 3.8) is 0 Å². The minimum atomic E-state index is -0.757. The van der Waals surface area contributed by atoms with Crippen molar-refractivity contribution in [1.82, 2.24) is 0 Å². The molecule has 1 amide bonds. The highest BCUT2D eigenvalue weighted by Gasteiger charge is 2.16. The largest absolute Gasteiger partial charge is 0.323 e. The first kappa shape index (κ1) is 12.8. The molecule has 2 aromatic rings. The normalized spacial score (nSPS) is 11.4. The van der Waals surface area contributed by atoms with Crippen LogP contribution in [0.15, 0.2) is 54.6 Å². The Balaban J connectivity index is 2.16. The summed E-state index contributed by atoms with van der Waals surface area (Å²) >= 11 is 0. The highest BCUT2D eigenvalue weighted by atomic mass is 16.2. The second-order valence-electron chi connectivity index (χ2n) is 4.03. The lowest BCUT2D eigenvalue weighted by Crippen LogP contribution is -2.27. The van der Waals surface area contributed by atoms with Gasteiger partial charge in [0.1, 0.15) is 12.1 Å². The Hall–Kier alpha value is -2.64. The number of anilines is 1. The van der Waals surface area contributed by atoms with Crippen LogP contribution < -0.4 is 11.1 Å². The fourth-order valence-corrected chi connectivity index (χ4v) is 1.71. The average Bonchev–Trinajstić information content (AvgIpc) is 2.48. The monoisotopic (exact) mass is 251 g/mol. The maximum Gasteiger partial charge on any atom is 0.245 e. The smallest absolute Gasteiger partial charge is 0.245 e. The summed E-state index contributed by atoms with van der Waals surface area (Å²) in [4.78, 5) is 12.0. The van der Waals surface area contributed by atoms with E-state index in [1.54, 1.807) is 36.4 Å². The molecular formula is C15H13N3O. The predicted octanol–water partition coefficient (Wildman–Crippen LogP) is 2.20. The van der Waals surface area contributed by atoms with Gasteiger partial charge in [-0.2, -0.15) is 5.26 Å². The molecule has 0 saturated carbocycles. The SMILES string of the molecule is N#Cc1ccccc1NC(=O)C(N)c1ccccc1. The standard InChI is InChI=1S/C15H13N3O/c16-10-12-8-4-5-9-13(12)18-15(19)14(17)11-6-2-1-3-7-11/h1-9,14H,17H2,(H,18,19). The van der Waals surface area contributed by atoms with Gasteiger partial charge in [-0.1, -0.05) is 42.5 Å². The van der Waals surface area contributed by atoms with Crippen molar-refractivity contribution in [3.8, 4) is 6.07 Å². The molecule has 1 atom stereocenters. The van der Waals surface area contributed by atoms with E-state index < -0.39 is 6.04 Å². The lowest BCUT2D eigenvalue weighted by atomic mass is 10.1. The first-order valence-electron chi connectivity index (χ1n) is 5.83. The van der Waals surface area contributed by atoms with Crippen molar-refractivity contribution in [2.45, 2.75) is 6.04 Å². The Morgan fingerprint density at radius 1 is 1.11 bits per heavy atom. The number of nitriles is 1. The minimum Gasteiger partial charge on any atom is -0.323 e.